The fourth-order valence-electron chi connectivity index (χ4n) is 3.57. The summed E-state index contributed by atoms with van der Waals surface area (Å²) in [6.45, 7) is 4.80. The van der Waals surface area contributed by atoms with Crippen molar-refractivity contribution in [3.63, 3.8) is 0 Å². The van der Waals surface area contributed by atoms with Crippen LogP contribution in [0, 0.1) is 5.92 Å². The molecule has 0 saturated carbocycles. The molecule has 2 aromatic heterocycles. The lowest BCUT2D eigenvalue weighted by molar-refractivity contribution is -0.118. The van der Waals surface area contributed by atoms with Crippen molar-refractivity contribution in [1.29, 1.82) is 0 Å². The average molecular weight is 525 g/mol. The molecule has 0 bridgehead atoms. The van der Waals surface area contributed by atoms with E-state index in [-0.39, 0.29) is 25.1 Å². The van der Waals surface area contributed by atoms with Crippen molar-refractivity contribution in [2.45, 2.75) is 39.3 Å². The van der Waals surface area contributed by atoms with Gasteiger partial charge < -0.3 is 35.4 Å². The second kappa shape index (κ2) is 13.1. The number of para-hydroxylation sites is 1. The lowest BCUT2D eigenvalue weighted by Gasteiger charge is -2.17. The third kappa shape index (κ3) is 7.69. The van der Waals surface area contributed by atoms with Crippen LogP contribution in [0.2, 0.25) is 0 Å². The molecule has 0 aliphatic carbocycles. The zero-order chi connectivity index (χ0) is 27.7. The molecule has 0 saturated heterocycles. The molecule has 0 aliphatic heterocycles. The molecule has 0 radical (unpaired) electrons. The predicted octanol–water partition coefficient (Wildman–Crippen LogP) is 2.29. The summed E-state index contributed by atoms with van der Waals surface area (Å²) in [6, 6.07) is 7.66. The largest absolute Gasteiger partial charge is 0.491 e. The third-order valence-corrected chi connectivity index (χ3v) is 5.39. The van der Waals surface area contributed by atoms with E-state index >= 15 is 0 Å². The number of ether oxygens (including phenoxy) is 2. The van der Waals surface area contributed by atoms with Crippen molar-refractivity contribution < 1.29 is 23.9 Å². The topological polar surface area (TPSA) is 170 Å². The summed E-state index contributed by atoms with van der Waals surface area (Å²) >= 11 is 0. The number of allylic oxidation sites excluding steroid dienone is 1. The van der Waals surface area contributed by atoms with E-state index in [1.54, 1.807) is 12.3 Å². The normalized spacial score (nSPS) is 12.0. The third-order valence-electron chi connectivity index (χ3n) is 5.39. The second-order valence-electron chi connectivity index (χ2n) is 8.96. The number of hydrogen-bond acceptors (Lipinski definition) is 7. The van der Waals surface area contributed by atoms with Gasteiger partial charge in [-0.25, -0.2) is 9.78 Å². The van der Waals surface area contributed by atoms with Crippen LogP contribution in [0.3, 0.4) is 0 Å². The number of nitrogens with two attached hydrogens (primary N) is 1. The second-order valence-corrected chi connectivity index (χ2v) is 8.96. The Bertz CT molecular complexity index is 1380. The Balaban J connectivity index is 1.76. The van der Waals surface area contributed by atoms with Crippen LogP contribution in [0.15, 0.2) is 53.5 Å². The summed E-state index contributed by atoms with van der Waals surface area (Å²) in [5, 5.41) is 5.00. The number of aromatic amines is 1. The lowest BCUT2D eigenvalue weighted by Crippen LogP contribution is -2.44. The highest BCUT2D eigenvalue weighted by Crippen LogP contribution is 2.24. The van der Waals surface area contributed by atoms with E-state index in [4.69, 9.17) is 10.5 Å². The van der Waals surface area contributed by atoms with Gasteiger partial charge in [-0.1, -0.05) is 26.0 Å². The van der Waals surface area contributed by atoms with Gasteiger partial charge in [0.15, 0.2) is 0 Å². The summed E-state index contributed by atoms with van der Waals surface area (Å²) in [4.78, 5) is 56.4. The maximum absolute atomic E-state index is 13.1. The molecule has 3 aromatic rings. The van der Waals surface area contributed by atoms with Crippen molar-refractivity contribution in [3.05, 3.63) is 64.9 Å². The number of aromatic nitrogens is 3. The number of nitrogens with one attached hydrogen (secondary N) is 3. The summed E-state index contributed by atoms with van der Waals surface area (Å²) in [6.07, 6.45) is 3.85. The van der Waals surface area contributed by atoms with Gasteiger partial charge in [-0.2, -0.15) is 0 Å². The molecule has 1 aromatic carbocycles. The minimum Gasteiger partial charge on any atom is -0.491 e. The first-order valence-corrected chi connectivity index (χ1v) is 12.1. The zero-order valence-electron chi connectivity index (χ0n) is 21.5. The Kier molecular flexibility index (Phi) is 9.63. The number of primary amides is 1. The molecule has 12 nitrogen and oxygen atoms in total. The lowest BCUT2D eigenvalue weighted by atomic mass is 10.1. The first-order chi connectivity index (χ1) is 18.2. The van der Waals surface area contributed by atoms with Gasteiger partial charge >= 0.3 is 6.09 Å². The number of methoxy groups -OCH3 is 1. The molecule has 3 rings (SSSR count). The number of H-pyrrole nitrogens is 1. The number of carbonyl (C=O) groups excluding carboxylic acids is 3. The molecule has 38 heavy (non-hydrogen) atoms. The monoisotopic (exact) mass is 524 g/mol. The number of benzene rings is 1. The molecule has 3 amide bonds. The summed E-state index contributed by atoms with van der Waals surface area (Å²) in [5.41, 5.74) is 6.09. The van der Waals surface area contributed by atoms with Crippen LogP contribution in [-0.4, -0.2) is 52.2 Å². The summed E-state index contributed by atoms with van der Waals surface area (Å²) < 4.78 is 11.9. The van der Waals surface area contributed by atoms with Crippen LogP contribution < -0.4 is 26.7 Å². The minimum atomic E-state index is -1.02. The Morgan fingerprint density at radius 3 is 2.71 bits per heavy atom. The molecule has 5 N–H and O–H groups in total. The van der Waals surface area contributed by atoms with E-state index in [1.807, 2.05) is 18.2 Å². The van der Waals surface area contributed by atoms with Gasteiger partial charge in [-0.3, -0.25) is 14.4 Å². The van der Waals surface area contributed by atoms with Crippen molar-refractivity contribution in [2.75, 3.05) is 19.0 Å². The number of rotatable bonds is 12. The highest BCUT2D eigenvalue weighted by atomic mass is 16.5. The maximum atomic E-state index is 13.1. The van der Waals surface area contributed by atoms with E-state index in [2.05, 4.69) is 39.2 Å². The van der Waals surface area contributed by atoms with Crippen molar-refractivity contribution in [3.8, 4) is 5.75 Å². The van der Waals surface area contributed by atoms with Gasteiger partial charge in [-0.15, -0.1) is 0 Å². The number of anilines is 1. The summed E-state index contributed by atoms with van der Waals surface area (Å²) in [5.74, 6) is 0.308. The first kappa shape index (κ1) is 28.0. The van der Waals surface area contributed by atoms with Crippen molar-refractivity contribution in [1.82, 2.24) is 19.9 Å². The van der Waals surface area contributed by atoms with E-state index in [9.17, 15) is 19.2 Å². The van der Waals surface area contributed by atoms with Gasteiger partial charge in [0.05, 0.1) is 25.8 Å². The standard InChI is InChI=1S/C26H32N6O6/c1-16(2)15-38-20-11-6-9-17-23(20)31-22(28-17)14-32-13-7-10-19(25(32)35)29-24(34)18(30-26(36)37-3)8-4-5-12-21(27)33/h5-7,9-13,16,18H,4,8,14-15H2,1-3H3,(H2,27,33)(H,28,31)(H,29,34)(H,30,36)/b12-5+/t18-/m0/s1. The molecule has 0 unspecified atom stereocenters. The van der Waals surface area contributed by atoms with Crippen LogP contribution in [0.1, 0.15) is 32.5 Å². The fourth-order valence-corrected chi connectivity index (χ4v) is 3.57. The van der Waals surface area contributed by atoms with Crippen LogP contribution >= 0.6 is 0 Å². The van der Waals surface area contributed by atoms with Crippen LogP contribution in [0.5, 0.6) is 5.75 Å². The van der Waals surface area contributed by atoms with E-state index in [0.29, 0.717) is 29.6 Å². The van der Waals surface area contributed by atoms with Gasteiger partial charge in [0, 0.05) is 6.20 Å². The quantitative estimate of drug-likeness (QED) is 0.263. The molecule has 2 heterocycles. The molecule has 1 atom stereocenters. The predicted molar refractivity (Wildman–Crippen MR) is 142 cm³/mol. The van der Waals surface area contributed by atoms with E-state index < -0.39 is 29.5 Å². The number of alkyl carbamates (subject to hydrolysis) is 1. The Labute approximate surface area is 219 Å². The zero-order valence-corrected chi connectivity index (χ0v) is 21.5. The molecule has 0 fully saturated rings. The van der Waals surface area contributed by atoms with Crippen LogP contribution in [0.4, 0.5) is 10.5 Å². The molecule has 0 spiro atoms. The number of pyridine rings is 1. The number of carbonyl (C=O) groups is 3. The Hall–Kier alpha value is -4.61. The van der Waals surface area contributed by atoms with Gasteiger partial charge in [0.2, 0.25) is 11.8 Å². The van der Waals surface area contributed by atoms with Gasteiger partial charge in [0.25, 0.3) is 5.56 Å². The fraction of sp³-hybridized carbons (Fsp3) is 0.346. The smallest absolute Gasteiger partial charge is 0.407 e. The highest BCUT2D eigenvalue weighted by Gasteiger charge is 2.22. The molecular formula is C26H32N6O6. The number of fused-ring (bicyclic) bond motifs is 1. The van der Waals surface area contributed by atoms with Crippen molar-refractivity contribution in [2.24, 2.45) is 11.7 Å². The number of hydrogen-bond donors (Lipinski definition) is 4. The van der Waals surface area contributed by atoms with Crippen LogP contribution in [-0.2, 0) is 20.9 Å². The number of nitrogens with zero attached hydrogens (tertiary/aromatic N) is 2. The maximum Gasteiger partial charge on any atom is 0.407 e. The van der Waals surface area contributed by atoms with Gasteiger partial charge in [-0.05, 0) is 49.1 Å². The minimum absolute atomic E-state index is 0.0268. The van der Waals surface area contributed by atoms with E-state index in [0.717, 1.165) is 5.52 Å². The SMILES string of the molecule is COC(=O)N[C@@H](CC/C=C/C(N)=O)C(=O)Nc1cccn(Cc2nc3c(OCC(C)C)cccc3[nH]2)c1=O. The highest BCUT2D eigenvalue weighted by molar-refractivity contribution is 5.96. The molecule has 202 valence electrons. The first-order valence-electron chi connectivity index (χ1n) is 12.1. The van der Waals surface area contributed by atoms with E-state index in [1.165, 1.54) is 29.9 Å². The van der Waals surface area contributed by atoms with Crippen molar-refractivity contribution >= 4 is 34.6 Å². The number of amides is 3. The molecular weight excluding hydrogens is 492 g/mol. The Morgan fingerprint density at radius 1 is 1.21 bits per heavy atom. The average Bonchev–Trinajstić information content (AvgIpc) is 3.29. The Morgan fingerprint density at radius 2 is 2.00 bits per heavy atom. The van der Waals surface area contributed by atoms with Gasteiger partial charge in [0.1, 0.15) is 28.8 Å². The van der Waals surface area contributed by atoms with Crippen LogP contribution in [0.25, 0.3) is 11.0 Å². The number of imidazole rings is 1. The molecule has 0 aliphatic rings. The molecule has 12 heteroatoms. The summed E-state index contributed by atoms with van der Waals surface area (Å²) in [7, 11) is 1.17.